The van der Waals surface area contributed by atoms with E-state index >= 15 is 0 Å². The Bertz CT molecular complexity index is 317. The van der Waals surface area contributed by atoms with Crippen LogP contribution in [0, 0.1) is 0 Å². The van der Waals surface area contributed by atoms with Gasteiger partial charge in [0.2, 0.25) is 0 Å². The largest absolute Gasteiger partial charge is 0.492 e. The van der Waals surface area contributed by atoms with Crippen LogP contribution in [-0.2, 0) is 0 Å². The van der Waals surface area contributed by atoms with Crippen molar-refractivity contribution in [3.05, 3.63) is 24.3 Å². The summed E-state index contributed by atoms with van der Waals surface area (Å²) < 4.78 is 5.62. The Morgan fingerprint density at radius 1 is 1.25 bits per heavy atom. The van der Waals surface area contributed by atoms with Crippen LogP contribution in [0.2, 0.25) is 0 Å². The maximum absolute atomic E-state index is 5.62. The van der Waals surface area contributed by atoms with Gasteiger partial charge in [-0.1, -0.05) is 0 Å². The van der Waals surface area contributed by atoms with Gasteiger partial charge in [0, 0.05) is 18.3 Å². The maximum atomic E-state index is 5.62. The number of ether oxygens (including phenoxy) is 1. The van der Waals surface area contributed by atoms with Crippen molar-refractivity contribution in [3.8, 4) is 5.75 Å². The number of hydrogen-bond acceptors (Lipinski definition) is 3. The monoisotopic (exact) mass is 220 g/mol. The summed E-state index contributed by atoms with van der Waals surface area (Å²) in [6.45, 7) is 1.68. The van der Waals surface area contributed by atoms with Gasteiger partial charge in [-0.3, -0.25) is 0 Å². The van der Waals surface area contributed by atoms with Gasteiger partial charge in [0.25, 0.3) is 0 Å². The smallest absolute Gasteiger partial charge is 0.119 e. The van der Waals surface area contributed by atoms with E-state index < -0.39 is 0 Å². The zero-order valence-electron chi connectivity index (χ0n) is 10.1. The molecular formula is C13H20N2O. The van der Waals surface area contributed by atoms with Gasteiger partial charge in [0.1, 0.15) is 12.4 Å². The third-order valence-corrected chi connectivity index (χ3v) is 2.61. The first-order valence-electron chi connectivity index (χ1n) is 5.88. The number of likely N-dealkylation sites (N-methyl/N-ethyl adjacent to an activating group) is 1. The lowest BCUT2D eigenvalue weighted by Crippen LogP contribution is -2.19. The van der Waals surface area contributed by atoms with Crippen molar-refractivity contribution < 1.29 is 4.74 Å². The molecule has 0 saturated heterocycles. The fourth-order valence-electron chi connectivity index (χ4n) is 1.46. The van der Waals surface area contributed by atoms with Crippen LogP contribution in [-0.4, -0.2) is 38.2 Å². The molecule has 1 aromatic rings. The Morgan fingerprint density at radius 2 is 1.94 bits per heavy atom. The minimum Gasteiger partial charge on any atom is -0.492 e. The van der Waals surface area contributed by atoms with Crippen molar-refractivity contribution in [3.63, 3.8) is 0 Å². The second kappa shape index (κ2) is 5.21. The lowest BCUT2D eigenvalue weighted by atomic mass is 10.3. The molecule has 88 valence electrons. The van der Waals surface area contributed by atoms with Gasteiger partial charge in [0.15, 0.2) is 0 Å². The van der Waals surface area contributed by atoms with E-state index in [0.717, 1.165) is 18.9 Å². The van der Waals surface area contributed by atoms with E-state index in [9.17, 15) is 0 Å². The number of nitrogens with one attached hydrogen (secondary N) is 1. The van der Waals surface area contributed by atoms with E-state index in [-0.39, 0.29) is 0 Å². The Hall–Kier alpha value is -1.22. The molecule has 0 aromatic heterocycles. The standard InChI is InChI=1S/C13H20N2O/c1-15(2)9-10-16-13-7-5-12(6-8-13)14-11-3-4-11/h5-8,11,14H,3-4,9-10H2,1-2H3. The molecule has 0 unspecified atom stereocenters. The summed E-state index contributed by atoms with van der Waals surface area (Å²) in [5, 5.41) is 3.45. The summed E-state index contributed by atoms with van der Waals surface area (Å²) in [6.07, 6.45) is 2.61. The average molecular weight is 220 g/mol. The van der Waals surface area contributed by atoms with Gasteiger partial charge in [-0.05, 0) is 51.2 Å². The molecule has 2 rings (SSSR count). The van der Waals surface area contributed by atoms with Crippen LogP contribution < -0.4 is 10.1 Å². The van der Waals surface area contributed by atoms with E-state index in [0.29, 0.717) is 6.04 Å². The number of hydrogen-bond donors (Lipinski definition) is 1. The molecule has 1 saturated carbocycles. The predicted octanol–water partition coefficient (Wildman–Crippen LogP) is 2.20. The fraction of sp³-hybridized carbons (Fsp3) is 0.538. The molecule has 16 heavy (non-hydrogen) atoms. The molecular weight excluding hydrogens is 200 g/mol. The summed E-state index contributed by atoms with van der Waals surface area (Å²) in [7, 11) is 4.10. The molecule has 1 N–H and O–H groups in total. The molecule has 1 aliphatic rings. The summed E-state index contributed by atoms with van der Waals surface area (Å²) in [4.78, 5) is 2.11. The number of nitrogens with zero attached hydrogens (tertiary/aromatic N) is 1. The first-order valence-corrected chi connectivity index (χ1v) is 5.88. The van der Waals surface area contributed by atoms with Gasteiger partial charge >= 0.3 is 0 Å². The maximum Gasteiger partial charge on any atom is 0.119 e. The minimum atomic E-state index is 0.709. The third-order valence-electron chi connectivity index (χ3n) is 2.61. The van der Waals surface area contributed by atoms with E-state index in [4.69, 9.17) is 4.74 Å². The van der Waals surface area contributed by atoms with Crippen LogP contribution in [0.25, 0.3) is 0 Å². The molecule has 0 radical (unpaired) electrons. The van der Waals surface area contributed by atoms with E-state index in [1.165, 1.54) is 18.5 Å². The zero-order chi connectivity index (χ0) is 11.4. The first kappa shape index (κ1) is 11.3. The molecule has 3 heteroatoms. The van der Waals surface area contributed by atoms with Gasteiger partial charge in [0.05, 0.1) is 0 Å². The molecule has 0 aliphatic heterocycles. The molecule has 3 nitrogen and oxygen atoms in total. The molecule has 1 aliphatic carbocycles. The highest BCUT2D eigenvalue weighted by Crippen LogP contribution is 2.25. The van der Waals surface area contributed by atoms with Gasteiger partial charge in [-0.15, -0.1) is 0 Å². The van der Waals surface area contributed by atoms with Crippen LogP contribution in [0.3, 0.4) is 0 Å². The minimum absolute atomic E-state index is 0.709. The lowest BCUT2D eigenvalue weighted by molar-refractivity contribution is 0.261. The van der Waals surface area contributed by atoms with Crippen molar-refractivity contribution in [2.45, 2.75) is 18.9 Å². The summed E-state index contributed by atoms with van der Waals surface area (Å²) in [5.74, 6) is 0.947. The number of anilines is 1. The molecule has 0 heterocycles. The normalized spacial score (nSPS) is 15.2. The molecule has 0 amide bonds. The summed E-state index contributed by atoms with van der Waals surface area (Å²) >= 11 is 0. The van der Waals surface area contributed by atoms with Crippen molar-refractivity contribution in [2.24, 2.45) is 0 Å². The average Bonchev–Trinajstić information content (AvgIpc) is 3.04. The molecule has 1 aromatic carbocycles. The number of rotatable bonds is 6. The van der Waals surface area contributed by atoms with Gasteiger partial charge < -0.3 is 15.0 Å². The topological polar surface area (TPSA) is 24.5 Å². The predicted molar refractivity (Wildman–Crippen MR) is 67.1 cm³/mol. The van der Waals surface area contributed by atoms with E-state index in [1.54, 1.807) is 0 Å². The Balaban J connectivity index is 1.77. The second-order valence-corrected chi connectivity index (χ2v) is 4.59. The Labute approximate surface area is 97.4 Å². The Morgan fingerprint density at radius 3 is 2.50 bits per heavy atom. The number of benzene rings is 1. The molecule has 0 atom stereocenters. The van der Waals surface area contributed by atoms with Crippen LogP contribution in [0.5, 0.6) is 5.75 Å². The van der Waals surface area contributed by atoms with Crippen molar-refractivity contribution in [1.82, 2.24) is 4.90 Å². The van der Waals surface area contributed by atoms with Crippen LogP contribution in [0.15, 0.2) is 24.3 Å². The lowest BCUT2D eigenvalue weighted by Gasteiger charge is -2.11. The zero-order valence-corrected chi connectivity index (χ0v) is 10.1. The van der Waals surface area contributed by atoms with Gasteiger partial charge in [-0.2, -0.15) is 0 Å². The quantitative estimate of drug-likeness (QED) is 0.795. The molecule has 1 fully saturated rings. The van der Waals surface area contributed by atoms with Crippen LogP contribution in [0.4, 0.5) is 5.69 Å². The fourth-order valence-corrected chi connectivity index (χ4v) is 1.46. The SMILES string of the molecule is CN(C)CCOc1ccc(NC2CC2)cc1. The summed E-state index contributed by atoms with van der Waals surface area (Å²) in [5.41, 5.74) is 1.20. The van der Waals surface area contributed by atoms with Crippen molar-refractivity contribution >= 4 is 5.69 Å². The van der Waals surface area contributed by atoms with Crippen molar-refractivity contribution in [1.29, 1.82) is 0 Å². The van der Waals surface area contributed by atoms with Gasteiger partial charge in [-0.25, -0.2) is 0 Å². The molecule has 0 bridgehead atoms. The van der Waals surface area contributed by atoms with E-state index in [1.807, 2.05) is 26.2 Å². The van der Waals surface area contributed by atoms with E-state index in [2.05, 4.69) is 22.3 Å². The first-order chi connectivity index (χ1) is 7.74. The third kappa shape index (κ3) is 3.74. The Kier molecular flexibility index (Phi) is 3.67. The second-order valence-electron chi connectivity index (χ2n) is 4.59. The van der Waals surface area contributed by atoms with Crippen molar-refractivity contribution in [2.75, 3.05) is 32.6 Å². The van der Waals surface area contributed by atoms with Crippen LogP contribution in [0.1, 0.15) is 12.8 Å². The molecule has 0 spiro atoms. The summed E-state index contributed by atoms with van der Waals surface area (Å²) in [6, 6.07) is 8.94. The highest BCUT2D eigenvalue weighted by Gasteiger charge is 2.20. The van der Waals surface area contributed by atoms with Crippen LogP contribution >= 0.6 is 0 Å². The highest BCUT2D eigenvalue weighted by molar-refractivity contribution is 5.47. The highest BCUT2D eigenvalue weighted by atomic mass is 16.5.